The SMILES string of the molecule is CCc1nn(C)cc1NCc1cccc(OC)c1OC. The minimum atomic E-state index is 0.666. The molecule has 0 spiro atoms. The molecular weight excluding hydrogens is 254 g/mol. The molecule has 0 saturated heterocycles. The van der Waals surface area contributed by atoms with Crippen molar-refractivity contribution in [2.75, 3.05) is 19.5 Å². The van der Waals surface area contributed by atoms with E-state index in [4.69, 9.17) is 9.47 Å². The Hall–Kier alpha value is -2.17. The Labute approximate surface area is 119 Å². The van der Waals surface area contributed by atoms with Crippen molar-refractivity contribution >= 4 is 5.69 Å². The molecule has 5 heteroatoms. The summed E-state index contributed by atoms with van der Waals surface area (Å²) in [7, 11) is 5.23. The highest BCUT2D eigenvalue weighted by molar-refractivity contribution is 5.51. The topological polar surface area (TPSA) is 48.3 Å². The maximum absolute atomic E-state index is 5.43. The van der Waals surface area contributed by atoms with Crippen LogP contribution in [0.3, 0.4) is 0 Å². The fourth-order valence-electron chi connectivity index (χ4n) is 2.23. The van der Waals surface area contributed by atoms with E-state index < -0.39 is 0 Å². The van der Waals surface area contributed by atoms with E-state index in [0.717, 1.165) is 34.9 Å². The van der Waals surface area contributed by atoms with E-state index in [1.807, 2.05) is 36.1 Å². The lowest BCUT2D eigenvalue weighted by Gasteiger charge is -2.13. The van der Waals surface area contributed by atoms with E-state index in [0.29, 0.717) is 6.54 Å². The number of nitrogens with one attached hydrogen (secondary N) is 1. The maximum Gasteiger partial charge on any atom is 0.165 e. The number of anilines is 1. The molecule has 20 heavy (non-hydrogen) atoms. The lowest BCUT2D eigenvalue weighted by molar-refractivity contribution is 0.352. The van der Waals surface area contributed by atoms with E-state index in [-0.39, 0.29) is 0 Å². The Kier molecular flexibility index (Phi) is 4.50. The van der Waals surface area contributed by atoms with Crippen LogP contribution in [-0.4, -0.2) is 24.0 Å². The van der Waals surface area contributed by atoms with Gasteiger partial charge in [-0.3, -0.25) is 4.68 Å². The number of para-hydroxylation sites is 1. The Morgan fingerprint density at radius 1 is 1.25 bits per heavy atom. The molecule has 0 aliphatic rings. The summed E-state index contributed by atoms with van der Waals surface area (Å²) >= 11 is 0. The number of aryl methyl sites for hydroxylation is 2. The van der Waals surface area contributed by atoms with Crippen molar-refractivity contribution in [1.29, 1.82) is 0 Å². The zero-order chi connectivity index (χ0) is 14.5. The van der Waals surface area contributed by atoms with Crippen LogP contribution in [0.15, 0.2) is 24.4 Å². The largest absolute Gasteiger partial charge is 0.493 e. The second-order valence-electron chi connectivity index (χ2n) is 4.52. The molecule has 1 heterocycles. The minimum absolute atomic E-state index is 0.666. The predicted molar refractivity (Wildman–Crippen MR) is 79.5 cm³/mol. The molecule has 1 N–H and O–H groups in total. The van der Waals surface area contributed by atoms with Crippen molar-refractivity contribution < 1.29 is 9.47 Å². The van der Waals surface area contributed by atoms with Crippen molar-refractivity contribution in [3.63, 3.8) is 0 Å². The van der Waals surface area contributed by atoms with Gasteiger partial charge in [0.05, 0.1) is 25.6 Å². The van der Waals surface area contributed by atoms with Crippen molar-refractivity contribution in [3.8, 4) is 11.5 Å². The molecule has 2 rings (SSSR count). The first-order chi connectivity index (χ1) is 9.69. The van der Waals surface area contributed by atoms with Crippen LogP contribution in [0, 0.1) is 0 Å². The van der Waals surface area contributed by atoms with Gasteiger partial charge in [0.25, 0.3) is 0 Å². The monoisotopic (exact) mass is 275 g/mol. The van der Waals surface area contributed by atoms with Crippen LogP contribution in [0.5, 0.6) is 11.5 Å². The normalized spacial score (nSPS) is 10.4. The Morgan fingerprint density at radius 2 is 2.05 bits per heavy atom. The van der Waals surface area contributed by atoms with Crippen LogP contribution in [0.1, 0.15) is 18.2 Å². The predicted octanol–water partition coefficient (Wildman–Crippen LogP) is 2.61. The van der Waals surface area contributed by atoms with Crippen LogP contribution in [-0.2, 0) is 20.0 Å². The highest BCUT2D eigenvalue weighted by atomic mass is 16.5. The fraction of sp³-hybridized carbons (Fsp3) is 0.400. The highest BCUT2D eigenvalue weighted by Gasteiger charge is 2.11. The summed E-state index contributed by atoms with van der Waals surface area (Å²) in [5.41, 5.74) is 3.17. The van der Waals surface area contributed by atoms with Gasteiger partial charge in [-0.1, -0.05) is 19.1 Å². The molecule has 0 fully saturated rings. The van der Waals surface area contributed by atoms with Gasteiger partial charge in [0, 0.05) is 25.4 Å². The molecule has 0 saturated carbocycles. The summed E-state index contributed by atoms with van der Waals surface area (Å²) in [6, 6.07) is 5.88. The number of hydrogen-bond donors (Lipinski definition) is 1. The molecule has 0 unspecified atom stereocenters. The van der Waals surface area contributed by atoms with Crippen LogP contribution < -0.4 is 14.8 Å². The van der Waals surface area contributed by atoms with Gasteiger partial charge in [-0.2, -0.15) is 5.10 Å². The number of aromatic nitrogens is 2. The van der Waals surface area contributed by atoms with E-state index >= 15 is 0 Å². The molecule has 1 aromatic carbocycles. The van der Waals surface area contributed by atoms with Crippen LogP contribution >= 0.6 is 0 Å². The summed E-state index contributed by atoms with van der Waals surface area (Å²) in [4.78, 5) is 0. The van der Waals surface area contributed by atoms with Gasteiger partial charge in [-0.15, -0.1) is 0 Å². The van der Waals surface area contributed by atoms with Gasteiger partial charge in [-0.05, 0) is 12.5 Å². The minimum Gasteiger partial charge on any atom is -0.493 e. The molecule has 0 atom stereocenters. The van der Waals surface area contributed by atoms with Gasteiger partial charge in [-0.25, -0.2) is 0 Å². The molecule has 0 aliphatic carbocycles. The zero-order valence-electron chi connectivity index (χ0n) is 12.4. The van der Waals surface area contributed by atoms with E-state index in [1.54, 1.807) is 14.2 Å². The number of methoxy groups -OCH3 is 2. The fourth-order valence-corrected chi connectivity index (χ4v) is 2.23. The molecule has 1 aromatic heterocycles. The second kappa shape index (κ2) is 6.32. The lowest BCUT2D eigenvalue weighted by Crippen LogP contribution is -2.03. The van der Waals surface area contributed by atoms with Crippen molar-refractivity contribution in [2.24, 2.45) is 7.05 Å². The Morgan fingerprint density at radius 3 is 2.70 bits per heavy atom. The average molecular weight is 275 g/mol. The Bertz CT molecular complexity index is 578. The first kappa shape index (κ1) is 14.2. The lowest BCUT2D eigenvalue weighted by atomic mass is 10.1. The van der Waals surface area contributed by atoms with Crippen LogP contribution in [0.4, 0.5) is 5.69 Å². The number of benzene rings is 1. The molecule has 0 aliphatic heterocycles. The number of rotatable bonds is 6. The highest BCUT2D eigenvalue weighted by Crippen LogP contribution is 2.31. The summed E-state index contributed by atoms with van der Waals surface area (Å²) in [5, 5.41) is 7.82. The van der Waals surface area contributed by atoms with Crippen molar-refractivity contribution in [1.82, 2.24) is 9.78 Å². The van der Waals surface area contributed by atoms with E-state index in [9.17, 15) is 0 Å². The zero-order valence-corrected chi connectivity index (χ0v) is 12.4. The van der Waals surface area contributed by atoms with Gasteiger partial charge < -0.3 is 14.8 Å². The van der Waals surface area contributed by atoms with Crippen molar-refractivity contribution in [2.45, 2.75) is 19.9 Å². The van der Waals surface area contributed by atoms with E-state index in [1.165, 1.54) is 0 Å². The third-order valence-electron chi connectivity index (χ3n) is 3.19. The van der Waals surface area contributed by atoms with Gasteiger partial charge in [0.1, 0.15) is 0 Å². The van der Waals surface area contributed by atoms with Crippen molar-refractivity contribution in [3.05, 3.63) is 35.7 Å². The summed E-state index contributed by atoms with van der Waals surface area (Å²) in [6.07, 6.45) is 2.89. The summed E-state index contributed by atoms with van der Waals surface area (Å²) < 4.78 is 12.6. The van der Waals surface area contributed by atoms with Gasteiger partial charge >= 0.3 is 0 Å². The molecule has 0 bridgehead atoms. The van der Waals surface area contributed by atoms with Gasteiger partial charge in [0.2, 0.25) is 0 Å². The first-order valence-corrected chi connectivity index (χ1v) is 6.65. The molecular formula is C15H21N3O2. The maximum atomic E-state index is 5.43. The molecule has 5 nitrogen and oxygen atoms in total. The third-order valence-corrected chi connectivity index (χ3v) is 3.19. The third kappa shape index (κ3) is 2.87. The average Bonchev–Trinajstić information content (AvgIpc) is 2.84. The first-order valence-electron chi connectivity index (χ1n) is 6.65. The standard InChI is InChI=1S/C15H21N3O2/c1-5-12-13(10-18(2)17-12)16-9-11-7-6-8-14(19-3)15(11)20-4/h6-8,10,16H,5,9H2,1-4H3. The quantitative estimate of drug-likeness (QED) is 0.880. The Balaban J connectivity index is 2.18. The smallest absolute Gasteiger partial charge is 0.165 e. The summed E-state index contributed by atoms with van der Waals surface area (Å²) in [6.45, 7) is 2.76. The number of ether oxygens (including phenoxy) is 2. The molecule has 0 radical (unpaired) electrons. The second-order valence-corrected chi connectivity index (χ2v) is 4.52. The van der Waals surface area contributed by atoms with Crippen LogP contribution in [0.2, 0.25) is 0 Å². The number of hydrogen-bond acceptors (Lipinski definition) is 4. The number of nitrogens with zero attached hydrogens (tertiary/aromatic N) is 2. The molecule has 2 aromatic rings. The van der Waals surface area contributed by atoms with Gasteiger partial charge in [0.15, 0.2) is 11.5 Å². The molecule has 0 amide bonds. The molecule has 108 valence electrons. The van der Waals surface area contributed by atoms with Crippen LogP contribution in [0.25, 0.3) is 0 Å². The summed E-state index contributed by atoms with van der Waals surface area (Å²) in [5.74, 6) is 1.51. The van der Waals surface area contributed by atoms with E-state index in [2.05, 4.69) is 17.3 Å².